The van der Waals surface area contributed by atoms with Crippen LogP contribution in [0.2, 0.25) is 0 Å². The molecule has 3 saturated carbocycles. The van der Waals surface area contributed by atoms with Gasteiger partial charge in [0, 0.05) is 17.0 Å². The zero-order valence-corrected chi connectivity index (χ0v) is 21.7. The Balaban J connectivity index is 1.17. The number of likely N-dealkylation sites (tertiary alicyclic amines) is 1. The number of aliphatic hydroxyl groups is 1. The van der Waals surface area contributed by atoms with Crippen LogP contribution in [0.3, 0.4) is 0 Å². The van der Waals surface area contributed by atoms with Crippen molar-refractivity contribution in [3.05, 3.63) is 71.6 Å². The minimum absolute atomic E-state index is 0.142. The molecule has 3 aliphatic carbocycles. The van der Waals surface area contributed by atoms with Crippen LogP contribution in [0, 0.1) is 23.0 Å². The van der Waals surface area contributed by atoms with Gasteiger partial charge in [-0.2, -0.15) is 0 Å². The number of nitrogens with zero attached hydrogens (tertiary/aromatic N) is 5. The van der Waals surface area contributed by atoms with Gasteiger partial charge in [0.2, 0.25) is 0 Å². The van der Waals surface area contributed by atoms with E-state index in [2.05, 4.69) is 27.5 Å². The van der Waals surface area contributed by atoms with Crippen LogP contribution in [0.25, 0.3) is 0 Å². The lowest BCUT2D eigenvalue weighted by Gasteiger charge is -2.74. The smallest absolute Gasteiger partial charge is 0.287 e. The van der Waals surface area contributed by atoms with Crippen molar-refractivity contribution in [1.82, 2.24) is 25.1 Å². The standard InChI is InChI=1S/C28H31F4N5O2/c1-36-10-8-19(9-11-36)13-39-22-5-2-20(3-6-22)25-14-26(15-25,16-25)28(31,32)27(38,17-37-18-33-34-35-37)23-7-4-21(29)12-24(23)30/h2-7,12,18-19,38H,8-11,13-17H2,1H3. The third-order valence-corrected chi connectivity index (χ3v) is 9.17. The number of hydrogen-bond donors (Lipinski definition) is 1. The van der Waals surface area contributed by atoms with Crippen LogP contribution in [0.5, 0.6) is 5.75 Å². The molecular formula is C28H31F4N5O2. The van der Waals surface area contributed by atoms with Crippen molar-refractivity contribution in [3.63, 3.8) is 0 Å². The van der Waals surface area contributed by atoms with Crippen LogP contribution in [-0.4, -0.2) is 62.9 Å². The van der Waals surface area contributed by atoms with Gasteiger partial charge in [0.1, 0.15) is 23.7 Å². The largest absolute Gasteiger partial charge is 0.493 e. The molecule has 1 unspecified atom stereocenters. The molecule has 0 amide bonds. The normalized spacial score (nSPS) is 26.9. The fourth-order valence-corrected chi connectivity index (χ4v) is 6.88. The summed E-state index contributed by atoms with van der Waals surface area (Å²) in [6.45, 7) is 2.02. The van der Waals surface area contributed by atoms with Crippen molar-refractivity contribution in [1.29, 1.82) is 0 Å². The monoisotopic (exact) mass is 545 g/mol. The van der Waals surface area contributed by atoms with E-state index in [-0.39, 0.29) is 19.3 Å². The zero-order chi connectivity index (χ0) is 27.5. The summed E-state index contributed by atoms with van der Waals surface area (Å²) >= 11 is 0. The second-order valence-electron chi connectivity index (χ2n) is 11.7. The molecule has 2 bridgehead atoms. The van der Waals surface area contributed by atoms with Crippen molar-refractivity contribution >= 4 is 0 Å². The molecule has 7 nitrogen and oxygen atoms in total. The van der Waals surface area contributed by atoms with E-state index in [0.29, 0.717) is 18.6 Å². The Hall–Kier alpha value is -3.05. The summed E-state index contributed by atoms with van der Waals surface area (Å²) in [5.41, 5.74) is -4.68. The lowest BCUT2D eigenvalue weighted by atomic mass is 9.30. The minimum atomic E-state index is -3.75. The Kier molecular flexibility index (Phi) is 6.22. The van der Waals surface area contributed by atoms with E-state index in [1.165, 1.54) is 0 Å². The molecule has 1 saturated heterocycles. The van der Waals surface area contributed by atoms with E-state index in [1.807, 2.05) is 24.3 Å². The number of alkyl halides is 2. The second-order valence-corrected chi connectivity index (χ2v) is 11.7. The van der Waals surface area contributed by atoms with Crippen LogP contribution in [0.1, 0.15) is 43.2 Å². The van der Waals surface area contributed by atoms with Gasteiger partial charge in [0.05, 0.1) is 13.2 Å². The average molecular weight is 546 g/mol. The number of tetrazole rings is 1. The van der Waals surface area contributed by atoms with Crippen molar-refractivity contribution in [2.45, 2.75) is 55.6 Å². The van der Waals surface area contributed by atoms with Gasteiger partial charge >= 0.3 is 0 Å². The quantitative estimate of drug-likeness (QED) is 0.404. The first-order valence-corrected chi connectivity index (χ1v) is 13.2. The van der Waals surface area contributed by atoms with E-state index in [0.717, 1.165) is 60.4 Å². The molecular weight excluding hydrogens is 514 g/mol. The Morgan fingerprint density at radius 2 is 1.74 bits per heavy atom. The number of rotatable bonds is 9. The summed E-state index contributed by atoms with van der Waals surface area (Å²) < 4.78 is 68.0. The molecule has 1 atom stereocenters. The van der Waals surface area contributed by atoms with Crippen LogP contribution in [0.15, 0.2) is 48.8 Å². The Labute approximate surface area is 223 Å². The maximum Gasteiger partial charge on any atom is 0.287 e. The summed E-state index contributed by atoms with van der Waals surface area (Å²) in [5.74, 6) is -4.63. The van der Waals surface area contributed by atoms with Gasteiger partial charge in [0.15, 0.2) is 5.60 Å². The van der Waals surface area contributed by atoms with Gasteiger partial charge in [-0.05, 0) is 104 Å². The highest BCUT2D eigenvalue weighted by molar-refractivity contribution is 5.44. The van der Waals surface area contributed by atoms with E-state index in [4.69, 9.17) is 4.74 Å². The molecule has 7 rings (SSSR count). The van der Waals surface area contributed by atoms with Gasteiger partial charge in [-0.25, -0.2) is 22.2 Å². The fraction of sp³-hybridized carbons (Fsp3) is 0.536. The van der Waals surface area contributed by atoms with E-state index < -0.39 is 46.1 Å². The molecule has 11 heteroatoms. The van der Waals surface area contributed by atoms with Gasteiger partial charge < -0.3 is 14.7 Å². The van der Waals surface area contributed by atoms with Gasteiger partial charge in [-0.15, -0.1) is 5.10 Å². The van der Waals surface area contributed by atoms with Crippen molar-refractivity contribution in [2.75, 3.05) is 26.7 Å². The average Bonchev–Trinajstić information content (AvgIpc) is 3.35. The highest BCUT2D eigenvalue weighted by atomic mass is 19.3. The van der Waals surface area contributed by atoms with E-state index in [1.54, 1.807) is 0 Å². The number of ether oxygens (including phenoxy) is 1. The molecule has 1 N–H and O–H groups in total. The van der Waals surface area contributed by atoms with Crippen LogP contribution >= 0.6 is 0 Å². The first-order chi connectivity index (χ1) is 18.6. The third-order valence-electron chi connectivity index (χ3n) is 9.17. The first-order valence-electron chi connectivity index (χ1n) is 13.2. The molecule has 4 fully saturated rings. The summed E-state index contributed by atoms with van der Waals surface area (Å²) in [5, 5.41) is 22.0. The lowest BCUT2D eigenvalue weighted by Crippen LogP contribution is -2.76. The molecule has 3 aromatic rings. The van der Waals surface area contributed by atoms with Crippen molar-refractivity contribution in [2.24, 2.45) is 11.3 Å². The minimum Gasteiger partial charge on any atom is -0.493 e. The molecule has 39 heavy (non-hydrogen) atoms. The maximum absolute atomic E-state index is 16.3. The van der Waals surface area contributed by atoms with Gasteiger partial charge in [-0.3, -0.25) is 0 Å². The lowest BCUT2D eigenvalue weighted by molar-refractivity contribution is -0.347. The number of benzene rings is 2. The highest BCUT2D eigenvalue weighted by Crippen LogP contribution is 2.80. The zero-order valence-electron chi connectivity index (χ0n) is 21.7. The van der Waals surface area contributed by atoms with Crippen LogP contribution < -0.4 is 4.74 Å². The molecule has 2 aromatic carbocycles. The Morgan fingerprint density at radius 1 is 1.05 bits per heavy atom. The highest BCUT2D eigenvalue weighted by Gasteiger charge is 2.82. The summed E-state index contributed by atoms with van der Waals surface area (Å²) in [6, 6.07) is 9.86. The molecule has 4 aliphatic rings. The summed E-state index contributed by atoms with van der Waals surface area (Å²) in [7, 11) is 2.12. The Morgan fingerprint density at radius 3 is 2.36 bits per heavy atom. The number of halogens is 4. The van der Waals surface area contributed by atoms with Crippen molar-refractivity contribution < 1.29 is 27.4 Å². The summed E-state index contributed by atoms with van der Waals surface area (Å²) in [4.78, 5) is 2.31. The van der Waals surface area contributed by atoms with E-state index in [9.17, 15) is 13.9 Å². The second kappa shape index (κ2) is 9.26. The molecule has 208 valence electrons. The fourth-order valence-electron chi connectivity index (χ4n) is 6.88. The number of aromatic nitrogens is 4. The van der Waals surface area contributed by atoms with Gasteiger partial charge in [-0.1, -0.05) is 12.1 Å². The van der Waals surface area contributed by atoms with Gasteiger partial charge in [0.25, 0.3) is 5.92 Å². The van der Waals surface area contributed by atoms with Crippen LogP contribution in [0.4, 0.5) is 17.6 Å². The van der Waals surface area contributed by atoms with Crippen molar-refractivity contribution in [3.8, 4) is 5.75 Å². The number of piperidine rings is 1. The summed E-state index contributed by atoms with van der Waals surface area (Å²) in [6.07, 6.45) is 3.71. The molecule has 1 aliphatic heterocycles. The predicted molar refractivity (Wildman–Crippen MR) is 133 cm³/mol. The predicted octanol–water partition coefficient (Wildman–Crippen LogP) is 4.32. The maximum atomic E-state index is 16.3. The van der Waals surface area contributed by atoms with Crippen LogP contribution in [-0.2, 0) is 17.6 Å². The number of hydrogen-bond acceptors (Lipinski definition) is 6. The third kappa shape index (κ3) is 4.21. The topological polar surface area (TPSA) is 76.3 Å². The molecule has 1 aromatic heterocycles. The first kappa shape index (κ1) is 26.2. The van der Waals surface area contributed by atoms with E-state index >= 15 is 8.78 Å². The molecule has 0 radical (unpaired) electrons. The Bertz CT molecular complexity index is 1310. The molecule has 2 heterocycles. The SMILES string of the molecule is CN1CCC(COc2ccc(C34CC(C(F)(F)C(O)(Cn5cnnn5)c5ccc(F)cc5F)(C3)C4)cc2)CC1. The molecule has 0 spiro atoms.